The molecule has 0 amide bonds. The van der Waals surface area contributed by atoms with E-state index in [0.717, 1.165) is 12.1 Å². The van der Waals surface area contributed by atoms with E-state index in [1.807, 2.05) is 0 Å². The third-order valence-electron chi connectivity index (χ3n) is 2.92. The molecule has 2 aromatic heterocycles. The van der Waals surface area contributed by atoms with E-state index in [9.17, 15) is 17.6 Å². The minimum absolute atomic E-state index is 0.111. The second-order valence-corrected chi connectivity index (χ2v) is 4.49. The smallest absolute Gasteiger partial charge is 0.334 e. The molecule has 3 aromatic rings. The van der Waals surface area contributed by atoms with Crippen LogP contribution in [-0.4, -0.2) is 19.9 Å². The summed E-state index contributed by atoms with van der Waals surface area (Å²) in [5, 5.41) is 7.53. The van der Waals surface area contributed by atoms with Gasteiger partial charge in [-0.3, -0.25) is 4.68 Å². The lowest BCUT2D eigenvalue weighted by atomic mass is 10.1. The summed E-state index contributed by atoms with van der Waals surface area (Å²) >= 11 is 0. The highest BCUT2D eigenvalue weighted by Crippen LogP contribution is 2.35. The van der Waals surface area contributed by atoms with E-state index in [1.54, 1.807) is 13.2 Å². The van der Waals surface area contributed by atoms with Crippen LogP contribution in [0.15, 0.2) is 35.1 Å². The van der Waals surface area contributed by atoms with E-state index in [1.165, 1.54) is 10.9 Å². The zero-order valence-electron chi connectivity index (χ0n) is 11.1. The zero-order chi connectivity index (χ0) is 15.9. The van der Waals surface area contributed by atoms with Gasteiger partial charge in [-0.1, -0.05) is 11.2 Å². The Morgan fingerprint density at radius 2 is 2.00 bits per heavy atom. The molecule has 2 heterocycles. The minimum Gasteiger partial charge on any atom is -0.334 e. The van der Waals surface area contributed by atoms with E-state index in [2.05, 4.69) is 15.2 Å². The number of hydrogen-bond acceptors (Lipinski definition) is 4. The standard InChI is InChI=1S/C13H8F4N4O/c1-21-6-7(5-18-21)11-19-12(22-20-11)8-3-2-4-9(10(8)14)13(15,16)17/h2-6H,1H3. The molecule has 3 rings (SSSR count). The van der Waals surface area contributed by atoms with E-state index < -0.39 is 23.1 Å². The Kier molecular flexibility index (Phi) is 3.19. The molecule has 0 bridgehead atoms. The number of benzene rings is 1. The maximum absolute atomic E-state index is 14.0. The number of alkyl halides is 3. The summed E-state index contributed by atoms with van der Waals surface area (Å²) in [4.78, 5) is 3.91. The number of aryl methyl sites for hydroxylation is 1. The molecule has 0 aliphatic carbocycles. The van der Waals surface area contributed by atoms with Crippen LogP contribution in [0.5, 0.6) is 0 Å². The van der Waals surface area contributed by atoms with Crippen molar-refractivity contribution in [3.63, 3.8) is 0 Å². The third-order valence-corrected chi connectivity index (χ3v) is 2.92. The highest BCUT2D eigenvalue weighted by molar-refractivity contribution is 5.60. The predicted molar refractivity (Wildman–Crippen MR) is 66.9 cm³/mol. The molecule has 0 saturated carbocycles. The lowest BCUT2D eigenvalue weighted by molar-refractivity contribution is -0.139. The Hall–Kier alpha value is -2.71. The van der Waals surface area contributed by atoms with Gasteiger partial charge in [-0.2, -0.15) is 23.3 Å². The maximum atomic E-state index is 14.0. The van der Waals surface area contributed by atoms with E-state index in [4.69, 9.17) is 4.52 Å². The molecule has 0 saturated heterocycles. The Bertz CT molecular complexity index is 822. The van der Waals surface area contributed by atoms with Crippen LogP contribution in [0.2, 0.25) is 0 Å². The van der Waals surface area contributed by atoms with Crippen molar-refractivity contribution in [2.45, 2.75) is 6.18 Å². The van der Waals surface area contributed by atoms with E-state index in [-0.39, 0.29) is 11.7 Å². The average Bonchev–Trinajstić information content (AvgIpc) is 3.06. The summed E-state index contributed by atoms with van der Waals surface area (Å²) < 4.78 is 58.5. The van der Waals surface area contributed by atoms with Crippen LogP contribution in [0.1, 0.15) is 5.56 Å². The summed E-state index contributed by atoms with van der Waals surface area (Å²) in [6, 6.07) is 2.87. The summed E-state index contributed by atoms with van der Waals surface area (Å²) in [6.07, 6.45) is -1.75. The fraction of sp³-hybridized carbons (Fsp3) is 0.154. The molecule has 9 heteroatoms. The lowest BCUT2D eigenvalue weighted by Gasteiger charge is -2.08. The van der Waals surface area contributed by atoms with Crippen LogP contribution in [0.25, 0.3) is 22.8 Å². The Labute approximate surface area is 121 Å². The monoisotopic (exact) mass is 312 g/mol. The number of aromatic nitrogens is 4. The first-order valence-corrected chi connectivity index (χ1v) is 6.05. The fourth-order valence-electron chi connectivity index (χ4n) is 1.90. The lowest BCUT2D eigenvalue weighted by Crippen LogP contribution is -2.08. The van der Waals surface area contributed by atoms with Gasteiger partial charge < -0.3 is 4.52 Å². The molecule has 0 aliphatic heterocycles. The first kappa shape index (κ1) is 14.2. The van der Waals surface area contributed by atoms with E-state index in [0.29, 0.717) is 11.6 Å². The fourth-order valence-corrected chi connectivity index (χ4v) is 1.90. The van der Waals surface area contributed by atoms with Crippen molar-refractivity contribution >= 4 is 0 Å². The Morgan fingerprint density at radius 1 is 1.23 bits per heavy atom. The first-order chi connectivity index (χ1) is 10.4. The Morgan fingerprint density at radius 3 is 2.64 bits per heavy atom. The van der Waals surface area contributed by atoms with Crippen molar-refractivity contribution in [2.24, 2.45) is 7.05 Å². The average molecular weight is 312 g/mol. The summed E-state index contributed by atoms with van der Waals surface area (Å²) in [5.74, 6) is -1.67. The van der Waals surface area contributed by atoms with Gasteiger partial charge >= 0.3 is 6.18 Å². The van der Waals surface area contributed by atoms with Crippen LogP contribution in [0.4, 0.5) is 17.6 Å². The summed E-state index contributed by atoms with van der Waals surface area (Å²) in [5.41, 5.74) is -1.28. The topological polar surface area (TPSA) is 56.7 Å². The molecule has 0 aliphatic rings. The number of hydrogen-bond donors (Lipinski definition) is 0. The highest BCUT2D eigenvalue weighted by Gasteiger charge is 2.35. The molecule has 0 atom stereocenters. The van der Waals surface area contributed by atoms with Crippen LogP contribution < -0.4 is 0 Å². The quantitative estimate of drug-likeness (QED) is 0.681. The molecule has 1 aromatic carbocycles. The molecule has 5 nitrogen and oxygen atoms in total. The van der Waals surface area contributed by atoms with Crippen molar-refractivity contribution in [3.05, 3.63) is 42.0 Å². The van der Waals surface area contributed by atoms with Crippen molar-refractivity contribution in [3.8, 4) is 22.8 Å². The Balaban J connectivity index is 2.04. The molecular weight excluding hydrogens is 304 g/mol. The normalized spacial score (nSPS) is 11.9. The SMILES string of the molecule is Cn1cc(-c2noc(-c3cccc(C(F)(F)F)c3F)n2)cn1. The van der Waals surface area contributed by atoms with Gasteiger partial charge in [0, 0.05) is 13.2 Å². The third kappa shape index (κ3) is 2.45. The van der Waals surface area contributed by atoms with Crippen molar-refractivity contribution in [1.29, 1.82) is 0 Å². The van der Waals surface area contributed by atoms with Crippen LogP contribution in [-0.2, 0) is 13.2 Å². The van der Waals surface area contributed by atoms with Gasteiger partial charge in [-0.15, -0.1) is 0 Å². The second-order valence-electron chi connectivity index (χ2n) is 4.49. The molecule has 0 N–H and O–H groups in total. The van der Waals surface area contributed by atoms with Crippen LogP contribution in [0.3, 0.4) is 0 Å². The minimum atomic E-state index is -4.80. The first-order valence-electron chi connectivity index (χ1n) is 6.05. The largest absolute Gasteiger partial charge is 0.419 e. The predicted octanol–water partition coefficient (Wildman–Crippen LogP) is 3.30. The van der Waals surface area contributed by atoms with Crippen LogP contribution >= 0.6 is 0 Å². The van der Waals surface area contributed by atoms with Crippen molar-refractivity contribution in [1.82, 2.24) is 19.9 Å². The second kappa shape index (κ2) is 4.93. The molecule has 0 fully saturated rings. The molecule has 22 heavy (non-hydrogen) atoms. The van der Waals surface area contributed by atoms with Gasteiger partial charge in [0.05, 0.1) is 22.9 Å². The van der Waals surface area contributed by atoms with Gasteiger partial charge in [-0.05, 0) is 12.1 Å². The molecule has 0 unspecified atom stereocenters. The number of nitrogens with zero attached hydrogens (tertiary/aromatic N) is 4. The van der Waals surface area contributed by atoms with Gasteiger partial charge in [0.2, 0.25) is 5.82 Å². The van der Waals surface area contributed by atoms with Gasteiger partial charge in [0.25, 0.3) is 5.89 Å². The number of rotatable bonds is 2. The maximum Gasteiger partial charge on any atom is 0.419 e. The van der Waals surface area contributed by atoms with Crippen LogP contribution in [0, 0.1) is 5.82 Å². The van der Waals surface area contributed by atoms with E-state index >= 15 is 0 Å². The highest BCUT2D eigenvalue weighted by atomic mass is 19.4. The summed E-state index contributed by atoms with van der Waals surface area (Å²) in [7, 11) is 1.68. The van der Waals surface area contributed by atoms with Gasteiger partial charge in [0.15, 0.2) is 0 Å². The molecule has 114 valence electrons. The van der Waals surface area contributed by atoms with Crippen molar-refractivity contribution < 1.29 is 22.1 Å². The summed E-state index contributed by atoms with van der Waals surface area (Å²) in [6.45, 7) is 0. The molecular formula is C13H8F4N4O. The molecule has 0 radical (unpaired) electrons. The van der Waals surface area contributed by atoms with Gasteiger partial charge in [0.1, 0.15) is 5.82 Å². The van der Waals surface area contributed by atoms with Crippen molar-refractivity contribution in [2.75, 3.05) is 0 Å². The van der Waals surface area contributed by atoms with Gasteiger partial charge in [-0.25, -0.2) is 4.39 Å². The zero-order valence-corrected chi connectivity index (χ0v) is 11.1. The number of halogens is 4. The molecule has 0 spiro atoms.